The van der Waals surface area contributed by atoms with Crippen LogP contribution in [0.1, 0.15) is 43.6 Å². The average Bonchev–Trinajstić information content (AvgIpc) is 3.09. The highest BCUT2D eigenvalue weighted by atomic mass is 35.5. The Bertz CT molecular complexity index is 867. The monoisotopic (exact) mass is 394 g/mol. The van der Waals surface area contributed by atoms with Crippen molar-refractivity contribution < 1.29 is 19.2 Å². The summed E-state index contributed by atoms with van der Waals surface area (Å²) >= 11 is 5.91. The van der Waals surface area contributed by atoms with Crippen molar-refractivity contribution in [2.24, 2.45) is 0 Å². The van der Waals surface area contributed by atoms with E-state index in [1.54, 1.807) is 16.9 Å². The lowest BCUT2D eigenvalue weighted by atomic mass is 10.2. The number of nitro benzene ring substituents is 1. The Labute approximate surface area is 160 Å². The fourth-order valence-electron chi connectivity index (χ4n) is 2.23. The summed E-state index contributed by atoms with van der Waals surface area (Å²) in [6, 6.07) is 5.12. The van der Waals surface area contributed by atoms with E-state index in [1.165, 1.54) is 19.1 Å². The Morgan fingerprint density at radius 1 is 1.37 bits per heavy atom. The lowest BCUT2D eigenvalue weighted by Gasteiger charge is -2.17. The molecule has 0 bridgehead atoms. The third-order valence-electron chi connectivity index (χ3n) is 3.96. The summed E-state index contributed by atoms with van der Waals surface area (Å²) in [5.74, 6) is -1.01. The van der Waals surface area contributed by atoms with Gasteiger partial charge >= 0.3 is 5.97 Å². The molecule has 0 aliphatic rings. The summed E-state index contributed by atoms with van der Waals surface area (Å²) in [5, 5.41) is 17.6. The van der Waals surface area contributed by atoms with Gasteiger partial charge in [-0.25, -0.2) is 9.48 Å². The highest BCUT2D eigenvalue weighted by Crippen LogP contribution is 2.23. The molecule has 10 heteroatoms. The Hall–Kier alpha value is -2.94. The van der Waals surface area contributed by atoms with Crippen molar-refractivity contribution >= 4 is 35.0 Å². The number of hydrogen-bond acceptors (Lipinski definition) is 6. The van der Waals surface area contributed by atoms with Crippen molar-refractivity contribution in [2.75, 3.05) is 5.32 Å². The number of rotatable bonds is 7. The summed E-state index contributed by atoms with van der Waals surface area (Å²) in [6.45, 7) is 5.34. The number of amides is 1. The number of aromatic nitrogens is 2. The van der Waals surface area contributed by atoms with Crippen LogP contribution in [0.25, 0.3) is 0 Å². The van der Waals surface area contributed by atoms with Crippen LogP contribution in [0.5, 0.6) is 0 Å². The van der Waals surface area contributed by atoms with E-state index < -0.39 is 22.9 Å². The van der Waals surface area contributed by atoms with Gasteiger partial charge in [-0.15, -0.1) is 0 Å². The zero-order chi connectivity index (χ0) is 20.1. The van der Waals surface area contributed by atoms with Crippen LogP contribution in [-0.2, 0) is 9.53 Å². The van der Waals surface area contributed by atoms with Crippen molar-refractivity contribution in [3.8, 4) is 0 Å². The SMILES string of the molecule is CC[C@H](C)n1nccc1NC(=O)[C@H](C)OC(=O)c1cc([N+](=O)[O-])ccc1Cl. The minimum absolute atomic E-state index is 0.00643. The van der Waals surface area contributed by atoms with Crippen molar-refractivity contribution in [1.29, 1.82) is 0 Å². The zero-order valence-electron chi connectivity index (χ0n) is 15.0. The predicted octanol–water partition coefficient (Wildman–Crippen LogP) is 3.60. The maximum atomic E-state index is 12.3. The molecule has 1 amide bonds. The predicted molar refractivity (Wildman–Crippen MR) is 98.8 cm³/mol. The molecule has 27 heavy (non-hydrogen) atoms. The van der Waals surface area contributed by atoms with E-state index in [0.717, 1.165) is 12.5 Å². The molecule has 2 atom stereocenters. The molecule has 0 spiro atoms. The van der Waals surface area contributed by atoms with Crippen LogP contribution in [0.3, 0.4) is 0 Å². The van der Waals surface area contributed by atoms with Gasteiger partial charge in [0.2, 0.25) is 0 Å². The molecular formula is C17H19ClN4O5. The van der Waals surface area contributed by atoms with E-state index >= 15 is 0 Å². The third-order valence-corrected chi connectivity index (χ3v) is 4.29. The third kappa shape index (κ3) is 4.82. The molecule has 0 aliphatic heterocycles. The van der Waals surface area contributed by atoms with Crippen LogP contribution in [-0.4, -0.2) is 32.7 Å². The van der Waals surface area contributed by atoms with Crippen LogP contribution < -0.4 is 5.32 Å². The highest BCUT2D eigenvalue weighted by Gasteiger charge is 2.23. The number of benzene rings is 1. The molecule has 0 aliphatic carbocycles. The van der Waals surface area contributed by atoms with Gasteiger partial charge in [-0.1, -0.05) is 18.5 Å². The maximum absolute atomic E-state index is 12.3. The second kappa shape index (κ2) is 8.63. The molecule has 0 fully saturated rings. The first-order valence-electron chi connectivity index (χ1n) is 8.23. The van der Waals surface area contributed by atoms with Crippen LogP contribution in [0, 0.1) is 10.1 Å². The minimum Gasteiger partial charge on any atom is -0.449 e. The number of nitro groups is 1. The lowest BCUT2D eigenvalue weighted by Crippen LogP contribution is -2.31. The summed E-state index contributed by atoms with van der Waals surface area (Å²) in [6.07, 6.45) is 1.23. The number of non-ortho nitro benzene ring substituents is 1. The Kier molecular flexibility index (Phi) is 6.51. The number of carbonyl (C=O) groups is 2. The van der Waals surface area contributed by atoms with Crippen LogP contribution in [0.4, 0.5) is 11.5 Å². The molecule has 2 aromatic rings. The van der Waals surface area contributed by atoms with E-state index in [4.69, 9.17) is 16.3 Å². The molecule has 1 heterocycles. The summed E-state index contributed by atoms with van der Waals surface area (Å²) in [7, 11) is 0. The summed E-state index contributed by atoms with van der Waals surface area (Å²) < 4.78 is 6.76. The Morgan fingerprint density at radius 3 is 2.70 bits per heavy atom. The topological polar surface area (TPSA) is 116 Å². The fraction of sp³-hybridized carbons (Fsp3) is 0.353. The number of halogens is 1. The maximum Gasteiger partial charge on any atom is 0.340 e. The van der Waals surface area contributed by atoms with Gasteiger partial charge in [0.1, 0.15) is 5.82 Å². The molecule has 1 N–H and O–H groups in total. The largest absolute Gasteiger partial charge is 0.449 e. The number of hydrogen-bond donors (Lipinski definition) is 1. The summed E-state index contributed by atoms with van der Waals surface area (Å²) in [4.78, 5) is 34.8. The number of carbonyl (C=O) groups excluding carboxylic acids is 2. The molecule has 0 radical (unpaired) electrons. The molecule has 0 saturated carbocycles. The number of esters is 1. The normalized spacial score (nSPS) is 12.9. The van der Waals surface area contributed by atoms with E-state index in [2.05, 4.69) is 10.4 Å². The van der Waals surface area contributed by atoms with Gasteiger partial charge in [0, 0.05) is 18.2 Å². The minimum atomic E-state index is -1.15. The van der Waals surface area contributed by atoms with Gasteiger partial charge in [-0.05, 0) is 26.3 Å². The number of ether oxygens (including phenoxy) is 1. The molecule has 144 valence electrons. The van der Waals surface area contributed by atoms with Crippen molar-refractivity contribution in [3.05, 3.63) is 51.2 Å². The van der Waals surface area contributed by atoms with E-state index in [9.17, 15) is 19.7 Å². The lowest BCUT2D eigenvalue weighted by molar-refractivity contribution is -0.384. The molecule has 0 unspecified atom stereocenters. The summed E-state index contributed by atoms with van der Waals surface area (Å²) in [5.41, 5.74) is -0.490. The Morgan fingerprint density at radius 2 is 2.07 bits per heavy atom. The fourth-order valence-corrected chi connectivity index (χ4v) is 2.42. The molecule has 1 aromatic carbocycles. The second-order valence-electron chi connectivity index (χ2n) is 5.88. The average molecular weight is 395 g/mol. The smallest absolute Gasteiger partial charge is 0.340 e. The first-order valence-corrected chi connectivity index (χ1v) is 8.61. The first-order chi connectivity index (χ1) is 12.7. The molecular weight excluding hydrogens is 376 g/mol. The van der Waals surface area contributed by atoms with Gasteiger partial charge in [0.25, 0.3) is 11.6 Å². The van der Waals surface area contributed by atoms with E-state index in [0.29, 0.717) is 5.82 Å². The first kappa shape index (κ1) is 20.4. The quantitative estimate of drug-likeness (QED) is 0.435. The van der Waals surface area contributed by atoms with Crippen LogP contribution in [0.15, 0.2) is 30.5 Å². The van der Waals surface area contributed by atoms with Gasteiger partial charge in [0.15, 0.2) is 6.10 Å². The zero-order valence-corrected chi connectivity index (χ0v) is 15.8. The molecule has 2 rings (SSSR count). The van der Waals surface area contributed by atoms with Gasteiger partial charge in [-0.3, -0.25) is 14.9 Å². The van der Waals surface area contributed by atoms with Crippen molar-refractivity contribution in [3.63, 3.8) is 0 Å². The van der Waals surface area contributed by atoms with Crippen LogP contribution >= 0.6 is 11.6 Å². The van der Waals surface area contributed by atoms with Gasteiger partial charge in [0.05, 0.1) is 27.7 Å². The molecule has 9 nitrogen and oxygen atoms in total. The molecule has 0 saturated heterocycles. The number of nitrogens with one attached hydrogen (secondary N) is 1. The standard InChI is InChI=1S/C17H19ClN4O5/c1-4-10(2)21-15(7-8-19-21)20-16(23)11(3)27-17(24)13-9-12(22(25)26)5-6-14(13)18/h5-11H,4H2,1-3H3,(H,20,23)/t10-,11-/m0/s1. The van der Waals surface area contributed by atoms with Crippen LogP contribution in [0.2, 0.25) is 5.02 Å². The van der Waals surface area contributed by atoms with Crippen molar-refractivity contribution in [2.45, 2.75) is 39.3 Å². The van der Waals surface area contributed by atoms with Gasteiger partial charge < -0.3 is 10.1 Å². The number of anilines is 1. The van der Waals surface area contributed by atoms with E-state index in [-0.39, 0.29) is 22.3 Å². The van der Waals surface area contributed by atoms with Crippen molar-refractivity contribution in [1.82, 2.24) is 9.78 Å². The second-order valence-corrected chi connectivity index (χ2v) is 6.28. The van der Waals surface area contributed by atoms with E-state index in [1.807, 2.05) is 13.8 Å². The molecule has 1 aromatic heterocycles. The van der Waals surface area contributed by atoms with Gasteiger partial charge in [-0.2, -0.15) is 5.10 Å². The highest BCUT2D eigenvalue weighted by molar-refractivity contribution is 6.33. The number of nitrogens with zero attached hydrogens (tertiary/aromatic N) is 3. The Balaban J connectivity index is 2.09.